The highest BCUT2D eigenvalue weighted by atomic mass is 32.1. The Hall–Kier alpha value is -4.42. The summed E-state index contributed by atoms with van der Waals surface area (Å²) >= 11 is 5.80. The zero-order chi connectivity index (χ0) is 29.1. The van der Waals surface area contributed by atoms with Crippen LogP contribution in [0.5, 0.6) is 5.75 Å². The number of nitrogens with zero attached hydrogens (tertiary/aromatic N) is 3. The summed E-state index contributed by atoms with van der Waals surface area (Å²) in [6.07, 6.45) is -1.11. The first-order valence-corrected chi connectivity index (χ1v) is 12.9. The fourth-order valence-electron chi connectivity index (χ4n) is 4.90. The first-order valence-electron chi connectivity index (χ1n) is 12.5. The Morgan fingerprint density at radius 2 is 1.88 bits per heavy atom. The van der Waals surface area contributed by atoms with E-state index < -0.39 is 23.8 Å². The maximum Gasteiger partial charge on any atom is 0.416 e. The van der Waals surface area contributed by atoms with Crippen molar-refractivity contribution in [2.75, 3.05) is 31.0 Å². The minimum atomic E-state index is -4.49. The number of benzene rings is 2. The molecule has 0 radical (unpaired) electrons. The Bertz CT molecular complexity index is 1560. The average molecular weight is 582 g/mol. The molecule has 2 aromatic carbocycles. The fraction of sp³-hybridized carbons (Fsp3) is 0.207. The van der Waals surface area contributed by atoms with Gasteiger partial charge in [0.15, 0.2) is 5.11 Å². The van der Waals surface area contributed by atoms with Gasteiger partial charge in [-0.2, -0.15) is 13.2 Å². The lowest BCUT2D eigenvalue weighted by Crippen LogP contribution is -2.30. The Balaban J connectivity index is 1.64. The number of carbonyl (C=O) groups excluding carboxylic acids is 1. The smallest absolute Gasteiger partial charge is 0.416 e. The predicted octanol–water partition coefficient (Wildman–Crippen LogP) is 5.66. The molecule has 1 amide bonds. The van der Waals surface area contributed by atoms with Gasteiger partial charge in [0.25, 0.3) is 0 Å². The second-order valence-corrected chi connectivity index (χ2v) is 9.60. The van der Waals surface area contributed by atoms with E-state index in [0.29, 0.717) is 39.3 Å². The Kier molecular flexibility index (Phi) is 7.95. The third-order valence-electron chi connectivity index (χ3n) is 6.64. The topological polar surface area (TPSA) is 80.7 Å². The van der Waals surface area contributed by atoms with Crippen molar-refractivity contribution in [2.45, 2.75) is 18.3 Å². The van der Waals surface area contributed by atoms with E-state index in [-0.39, 0.29) is 12.5 Å². The monoisotopic (exact) mass is 581 g/mol. The molecule has 12 heteroatoms. The number of aromatic nitrogens is 2. The van der Waals surface area contributed by atoms with Crippen LogP contribution in [0.1, 0.15) is 29.0 Å². The Labute approximate surface area is 239 Å². The molecular formula is C29H26F3N5O3S. The number of halogens is 3. The van der Waals surface area contributed by atoms with E-state index in [1.165, 1.54) is 20.3 Å². The molecular weight excluding hydrogens is 555 g/mol. The van der Waals surface area contributed by atoms with Crippen molar-refractivity contribution in [1.82, 2.24) is 14.9 Å². The van der Waals surface area contributed by atoms with Crippen LogP contribution in [-0.2, 0) is 15.7 Å². The van der Waals surface area contributed by atoms with E-state index in [9.17, 15) is 18.0 Å². The number of anilines is 2. The van der Waals surface area contributed by atoms with E-state index in [2.05, 4.69) is 15.6 Å². The summed E-state index contributed by atoms with van der Waals surface area (Å²) in [6, 6.07) is 18.5. The molecule has 1 fully saturated rings. The van der Waals surface area contributed by atoms with Gasteiger partial charge in [-0.1, -0.05) is 12.1 Å². The number of nitrogens with one attached hydrogen (secondary N) is 2. The van der Waals surface area contributed by atoms with E-state index in [0.717, 1.165) is 12.1 Å². The third-order valence-corrected chi connectivity index (χ3v) is 6.96. The molecule has 1 aliphatic heterocycles. The van der Waals surface area contributed by atoms with Crippen molar-refractivity contribution >= 4 is 34.6 Å². The summed E-state index contributed by atoms with van der Waals surface area (Å²) in [5, 5.41) is 6.51. The molecule has 1 saturated heterocycles. The van der Waals surface area contributed by atoms with Crippen molar-refractivity contribution in [3.05, 3.63) is 102 Å². The second kappa shape index (κ2) is 11.6. The SMILES string of the molecule is COCC(=O)Nc1cc(N2C(=S)N[C@H](c3ccccn3)[C@@H]2c2cccn2-c2cccc(C(F)(F)F)c2)ccc1OC. The second-order valence-electron chi connectivity index (χ2n) is 9.21. The summed E-state index contributed by atoms with van der Waals surface area (Å²) in [5.41, 5.74) is 1.99. The standard InChI is InChI=1S/C29H26F3N5O3S/c1-39-17-25(38)34-22-16-20(11-12-24(22)40-2)37-27(26(35-28(37)41)21-9-3-4-13-33-21)23-10-6-14-36(23)19-8-5-7-18(15-19)29(30,31)32/h3-16,26-27H,17H2,1-2H3,(H,34,38)(H,35,41)/t26-,27+/m1/s1. The number of amides is 1. The largest absolute Gasteiger partial charge is 0.495 e. The molecule has 0 bridgehead atoms. The highest BCUT2D eigenvalue weighted by molar-refractivity contribution is 7.80. The fourth-order valence-corrected chi connectivity index (χ4v) is 5.24. The van der Waals surface area contributed by atoms with Crippen molar-refractivity contribution in [3.8, 4) is 11.4 Å². The average Bonchev–Trinajstić information content (AvgIpc) is 3.57. The molecule has 0 aliphatic carbocycles. The van der Waals surface area contributed by atoms with Gasteiger partial charge >= 0.3 is 6.18 Å². The number of hydrogen-bond donors (Lipinski definition) is 2. The van der Waals surface area contributed by atoms with Crippen molar-refractivity contribution < 1.29 is 27.4 Å². The Morgan fingerprint density at radius 3 is 2.59 bits per heavy atom. The van der Waals surface area contributed by atoms with E-state index in [1.807, 2.05) is 23.1 Å². The van der Waals surface area contributed by atoms with E-state index in [1.54, 1.807) is 53.4 Å². The first kappa shape index (κ1) is 28.1. The van der Waals surface area contributed by atoms with Gasteiger partial charge in [0.05, 0.1) is 30.1 Å². The van der Waals surface area contributed by atoms with Crippen molar-refractivity contribution in [1.29, 1.82) is 0 Å². The van der Waals surface area contributed by atoms with Crippen LogP contribution in [0.15, 0.2) is 85.2 Å². The molecule has 212 valence electrons. The number of alkyl halides is 3. The van der Waals surface area contributed by atoms with Crippen LogP contribution < -0.4 is 20.3 Å². The summed E-state index contributed by atoms with van der Waals surface area (Å²) in [6.45, 7) is -0.147. The van der Waals surface area contributed by atoms with E-state index in [4.69, 9.17) is 21.7 Å². The Morgan fingerprint density at radius 1 is 1.05 bits per heavy atom. The molecule has 1 aliphatic rings. The highest BCUT2D eigenvalue weighted by Crippen LogP contribution is 2.44. The molecule has 4 aromatic rings. The summed E-state index contributed by atoms with van der Waals surface area (Å²) in [5.74, 6) is 0.0628. The number of ether oxygens (including phenoxy) is 2. The van der Waals surface area contributed by atoms with Gasteiger partial charge < -0.3 is 29.6 Å². The van der Waals surface area contributed by atoms with Gasteiger partial charge in [0.1, 0.15) is 18.4 Å². The molecule has 3 heterocycles. The van der Waals surface area contributed by atoms with Crippen molar-refractivity contribution in [2.24, 2.45) is 0 Å². The highest BCUT2D eigenvalue weighted by Gasteiger charge is 2.42. The lowest BCUT2D eigenvalue weighted by atomic mass is 10.0. The van der Waals surface area contributed by atoms with Gasteiger partial charge in [0.2, 0.25) is 5.91 Å². The maximum absolute atomic E-state index is 13.6. The number of methoxy groups -OCH3 is 2. The normalized spacial score (nSPS) is 16.9. The van der Waals surface area contributed by atoms with Crippen LogP contribution in [-0.4, -0.2) is 41.4 Å². The summed E-state index contributed by atoms with van der Waals surface area (Å²) in [7, 11) is 2.91. The quantitative estimate of drug-likeness (QED) is 0.260. The third kappa shape index (κ3) is 5.74. The van der Waals surface area contributed by atoms with E-state index >= 15 is 0 Å². The van der Waals surface area contributed by atoms with Gasteiger partial charge in [0, 0.05) is 36.6 Å². The van der Waals surface area contributed by atoms with Gasteiger partial charge in [-0.25, -0.2) is 0 Å². The maximum atomic E-state index is 13.6. The molecule has 0 saturated carbocycles. The molecule has 2 aromatic heterocycles. The van der Waals surface area contributed by atoms with Crippen LogP contribution in [0, 0.1) is 0 Å². The molecule has 8 nitrogen and oxygen atoms in total. The predicted molar refractivity (Wildman–Crippen MR) is 152 cm³/mol. The molecule has 0 spiro atoms. The summed E-state index contributed by atoms with van der Waals surface area (Å²) in [4.78, 5) is 18.7. The number of thiocarbonyl (C=S) groups is 1. The molecule has 5 rings (SSSR count). The van der Waals surface area contributed by atoms with Gasteiger partial charge in [-0.05, 0) is 72.9 Å². The lowest BCUT2D eigenvalue weighted by Gasteiger charge is -2.29. The van der Waals surface area contributed by atoms with Crippen LogP contribution in [0.4, 0.5) is 24.5 Å². The molecule has 2 atom stereocenters. The van der Waals surface area contributed by atoms with Crippen molar-refractivity contribution in [3.63, 3.8) is 0 Å². The van der Waals surface area contributed by atoms with Crippen LogP contribution in [0.2, 0.25) is 0 Å². The molecule has 41 heavy (non-hydrogen) atoms. The zero-order valence-corrected chi connectivity index (χ0v) is 22.9. The zero-order valence-electron chi connectivity index (χ0n) is 22.1. The minimum Gasteiger partial charge on any atom is -0.495 e. The number of hydrogen-bond acceptors (Lipinski definition) is 5. The molecule has 0 unspecified atom stereocenters. The minimum absolute atomic E-state index is 0.147. The molecule has 2 N–H and O–H groups in total. The van der Waals surface area contributed by atoms with Crippen LogP contribution in [0.25, 0.3) is 5.69 Å². The van der Waals surface area contributed by atoms with Crippen LogP contribution in [0.3, 0.4) is 0 Å². The number of carbonyl (C=O) groups is 1. The summed E-state index contributed by atoms with van der Waals surface area (Å²) < 4.78 is 52.8. The first-order chi connectivity index (χ1) is 19.7. The lowest BCUT2D eigenvalue weighted by molar-refractivity contribution is -0.137. The number of rotatable bonds is 8. The number of pyridine rings is 1. The van der Waals surface area contributed by atoms with Gasteiger partial charge in [-0.15, -0.1) is 0 Å². The van der Waals surface area contributed by atoms with Gasteiger partial charge in [-0.3, -0.25) is 9.78 Å². The van der Waals surface area contributed by atoms with Crippen LogP contribution >= 0.6 is 12.2 Å².